The first-order valence-electron chi connectivity index (χ1n) is 6.23. The number of benzene rings is 2. The van der Waals surface area contributed by atoms with E-state index in [-0.39, 0.29) is 0 Å². The molecule has 0 spiro atoms. The van der Waals surface area contributed by atoms with Crippen molar-refractivity contribution < 1.29 is 9.47 Å². The highest BCUT2D eigenvalue weighted by molar-refractivity contribution is 5.55. The van der Waals surface area contributed by atoms with Crippen molar-refractivity contribution in [2.24, 2.45) is 0 Å². The first-order chi connectivity index (χ1) is 9.11. The van der Waals surface area contributed by atoms with Gasteiger partial charge in [0.15, 0.2) is 0 Å². The van der Waals surface area contributed by atoms with Crippen LogP contribution in [-0.4, -0.2) is 7.11 Å². The van der Waals surface area contributed by atoms with Crippen molar-refractivity contribution in [3.8, 4) is 11.5 Å². The third-order valence-electron chi connectivity index (χ3n) is 3.24. The third-order valence-corrected chi connectivity index (χ3v) is 3.24. The van der Waals surface area contributed by atoms with Gasteiger partial charge in [-0.15, -0.1) is 0 Å². The SMILES string of the molecule is COc1ccc(N)c(OCc2c(C)cccc2C)c1. The molecule has 0 radical (unpaired) electrons. The highest BCUT2D eigenvalue weighted by Crippen LogP contribution is 2.28. The second-order valence-electron chi connectivity index (χ2n) is 4.56. The van der Waals surface area contributed by atoms with Crippen LogP contribution in [0.3, 0.4) is 0 Å². The molecule has 2 aromatic carbocycles. The summed E-state index contributed by atoms with van der Waals surface area (Å²) in [7, 11) is 1.63. The van der Waals surface area contributed by atoms with E-state index >= 15 is 0 Å². The van der Waals surface area contributed by atoms with Gasteiger partial charge in [0.25, 0.3) is 0 Å². The number of nitrogen functional groups attached to an aromatic ring is 1. The summed E-state index contributed by atoms with van der Waals surface area (Å²) in [4.78, 5) is 0. The number of anilines is 1. The fourth-order valence-electron chi connectivity index (χ4n) is 1.99. The number of nitrogens with two attached hydrogens (primary N) is 1. The van der Waals surface area contributed by atoms with Crippen molar-refractivity contribution in [3.63, 3.8) is 0 Å². The Morgan fingerprint density at radius 1 is 1.05 bits per heavy atom. The average Bonchev–Trinajstić information content (AvgIpc) is 2.40. The van der Waals surface area contributed by atoms with E-state index in [0.717, 1.165) is 5.75 Å². The largest absolute Gasteiger partial charge is 0.497 e. The van der Waals surface area contributed by atoms with E-state index in [1.54, 1.807) is 13.2 Å². The number of ether oxygens (including phenoxy) is 2. The van der Waals surface area contributed by atoms with Crippen molar-refractivity contribution in [2.45, 2.75) is 20.5 Å². The van der Waals surface area contributed by atoms with E-state index in [9.17, 15) is 0 Å². The number of hydrogen-bond donors (Lipinski definition) is 1. The van der Waals surface area contributed by atoms with Crippen LogP contribution in [0.25, 0.3) is 0 Å². The summed E-state index contributed by atoms with van der Waals surface area (Å²) < 4.78 is 11.0. The molecule has 2 N–H and O–H groups in total. The monoisotopic (exact) mass is 257 g/mol. The van der Waals surface area contributed by atoms with Crippen molar-refractivity contribution in [3.05, 3.63) is 53.1 Å². The molecule has 3 nitrogen and oxygen atoms in total. The van der Waals surface area contributed by atoms with Crippen LogP contribution in [0.4, 0.5) is 5.69 Å². The van der Waals surface area contributed by atoms with Gasteiger partial charge in [-0.1, -0.05) is 18.2 Å². The zero-order valence-electron chi connectivity index (χ0n) is 11.6. The fraction of sp³-hybridized carbons (Fsp3) is 0.250. The average molecular weight is 257 g/mol. The molecular weight excluding hydrogens is 238 g/mol. The lowest BCUT2D eigenvalue weighted by molar-refractivity contribution is 0.304. The Bertz CT molecular complexity index is 559. The standard InChI is InChI=1S/C16H19NO2/c1-11-5-4-6-12(2)14(11)10-19-16-9-13(18-3)7-8-15(16)17/h4-9H,10,17H2,1-3H3. The molecule has 100 valence electrons. The van der Waals surface area contributed by atoms with Gasteiger partial charge in [-0.05, 0) is 42.7 Å². The first kappa shape index (κ1) is 13.3. The second-order valence-corrected chi connectivity index (χ2v) is 4.56. The minimum Gasteiger partial charge on any atom is -0.497 e. The van der Waals surface area contributed by atoms with Gasteiger partial charge in [0.05, 0.1) is 12.8 Å². The van der Waals surface area contributed by atoms with E-state index in [4.69, 9.17) is 15.2 Å². The molecule has 2 aromatic rings. The summed E-state index contributed by atoms with van der Waals surface area (Å²) in [6.45, 7) is 4.68. The molecule has 0 saturated heterocycles. The van der Waals surface area contributed by atoms with Crippen LogP contribution in [0.1, 0.15) is 16.7 Å². The van der Waals surface area contributed by atoms with Gasteiger partial charge >= 0.3 is 0 Å². The quantitative estimate of drug-likeness (QED) is 0.853. The molecule has 0 bridgehead atoms. The van der Waals surface area contributed by atoms with Crippen molar-refractivity contribution in [2.75, 3.05) is 12.8 Å². The Hall–Kier alpha value is -2.16. The molecular formula is C16H19NO2. The van der Waals surface area contributed by atoms with Crippen LogP contribution in [-0.2, 0) is 6.61 Å². The molecule has 0 amide bonds. The number of aryl methyl sites for hydroxylation is 2. The van der Waals surface area contributed by atoms with Gasteiger partial charge < -0.3 is 15.2 Å². The summed E-state index contributed by atoms with van der Waals surface area (Å²) in [5.41, 5.74) is 10.2. The van der Waals surface area contributed by atoms with Crippen molar-refractivity contribution in [1.82, 2.24) is 0 Å². The van der Waals surface area contributed by atoms with E-state index in [1.165, 1.54) is 16.7 Å². The second kappa shape index (κ2) is 5.65. The molecule has 0 aromatic heterocycles. The zero-order chi connectivity index (χ0) is 13.8. The summed E-state index contributed by atoms with van der Waals surface area (Å²) in [5, 5.41) is 0. The molecule has 3 heteroatoms. The van der Waals surface area contributed by atoms with E-state index < -0.39 is 0 Å². The van der Waals surface area contributed by atoms with Gasteiger partial charge in [0, 0.05) is 6.07 Å². The molecule has 2 rings (SSSR count). The van der Waals surface area contributed by atoms with E-state index in [2.05, 4.69) is 26.0 Å². The van der Waals surface area contributed by atoms with Crippen molar-refractivity contribution >= 4 is 5.69 Å². The van der Waals surface area contributed by atoms with Crippen LogP contribution in [0.15, 0.2) is 36.4 Å². The fourth-order valence-corrected chi connectivity index (χ4v) is 1.99. The Morgan fingerprint density at radius 2 is 1.74 bits per heavy atom. The molecule has 0 aliphatic carbocycles. The van der Waals surface area contributed by atoms with Crippen LogP contribution in [0, 0.1) is 13.8 Å². The number of methoxy groups -OCH3 is 1. The summed E-state index contributed by atoms with van der Waals surface area (Å²) in [6, 6.07) is 11.6. The normalized spacial score (nSPS) is 10.3. The highest BCUT2D eigenvalue weighted by atomic mass is 16.5. The topological polar surface area (TPSA) is 44.5 Å². The molecule has 19 heavy (non-hydrogen) atoms. The van der Waals surface area contributed by atoms with Crippen molar-refractivity contribution in [1.29, 1.82) is 0 Å². The van der Waals surface area contributed by atoms with Gasteiger partial charge in [-0.3, -0.25) is 0 Å². The molecule has 0 aliphatic heterocycles. The number of rotatable bonds is 4. The third kappa shape index (κ3) is 2.99. The zero-order valence-corrected chi connectivity index (χ0v) is 11.6. The summed E-state index contributed by atoms with van der Waals surface area (Å²) in [5.74, 6) is 1.40. The Morgan fingerprint density at radius 3 is 2.37 bits per heavy atom. The lowest BCUT2D eigenvalue weighted by Crippen LogP contribution is -2.02. The minimum absolute atomic E-state index is 0.510. The van der Waals surface area contributed by atoms with E-state index in [1.807, 2.05) is 18.2 Å². The van der Waals surface area contributed by atoms with Crippen LogP contribution in [0.2, 0.25) is 0 Å². The summed E-state index contributed by atoms with van der Waals surface area (Å²) in [6.07, 6.45) is 0. The lowest BCUT2D eigenvalue weighted by atomic mass is 10.0. The molecule has 0 unspecified atom stereocenters. The van der Waals surface area contributed by atoms with Crippen LogP contribution < -0.4 is 15.2 Å². The van der Waals surface area contributed by atoms with E-state index in [0.29, 0.717) is 18.0 Å². The van der Waals surface area contributed by atoms with Gasteiger partial charge in [0.1, 0.15) is 18.1 Å². The van der Waals surface area contributed by atoms with Gasteiger partial charge in [0.2, 0.25) is 0 Å². The number of hydrogen-bond acceptors (Lipinski definition) is 3. The molecule has 0 fully saturated rings. The predicted octanol–water partition coefficient (Wildman–Crippen LogP) is 3.47. The van der Waals surface area contributed by atoms with Crippen LogP contribution in [0.5, 0.6) is 11.5 Å². The maximum Gasteiger partial charge on any atom is 0.146 e. The Kier molecular flexibility index (Phi) is 3.95. The maximum absolute atomic E-state index is 5.90. The predicted molar refractivity (Wildman–Crippen MR) is 77.7 cm³/mol. The Balaban J connectivity index is 2.19. The smallest absolute Gasteiger partial charge is 0.146 e. The highest BCUT2D eigenvalue weighted by Gasteiger charge is 2.06. The maximum atomic E-state index is 5.90. The Labute approximate surface area is 114 Å². The van der Waals surface area contributed by atoms with Gasteiger partial charge in [-0.25, -0.2) is 0 Å². The van der Waals surface area contributed by atoms with Crippen LogP contribution >= 0.6 is 0 Å². The molecule has 0 saturated carbocycles. The summed E-state index contributed by atoms with van der Waals surface area (Å²) >= 11 is 0. The molecule has 0 atom stereocenters. The van der Waals surface area contributed by atoms with Gasteiger partial charge in [-0.2, -0.15) is 0 Å². The minimum atomic E-state index is 0.510. The molecule has 0 aliphatic rings. The first-order valence-corrected chi connectivity index (χ1v) is 6.23. The molecule has 0 heterocycles. The lowest BCUT2D eigenvalue weighted by Gasteiger charge is -2.13.